The zero-order valence-electron chi connectivity index (χ0n) is 20.5. The van der Waals surface area contributed by atoms with Gasteiger partial charge in [0.25, 0.3) is 0 Å². The van der Waals surface area contributed by atoms with E-state index in [0.717, 1.165) is 55.3 Å². The summed E-state index contributed by atoms with van der Waals surface area (Å²) < 4.78 is 25.9. The van der Waals surface area contributed by atoms with Gasteiger partial charge in [-0.05, 0) is 70.5 Å². The van der Waals surface area contributed by atoms with Crippen LogP contribution in [-0.4, -0.2) is 51.9 Å². The lowest BCUT2D eigenvalue weighted by Crippen LogP contribution is -2.38. The fraction of sp³-hybridized carbons (Fsp3) is 0.538. The molecule has 10 heteroatoms. The van der Waals surface area contributed by atoms with Crippen LogP contribution < -0.4 is 10.5 Å². The summed E-state index contributed by atoms with van der Waals surface area (Å²) in [4.78, 5) is 12.1. The van der Waals surface area contributed by atoms with E-state index in [1.54, 1.807) is 12.3 Å². The summed E-state index contributed by atoms with van der Waals surface area (Å²) in [5.41, 5.74) is 10.1. The molecule has 3 aliphatic rings. The van der Waals surface area contributed by atoms with Gasteiger partial charge in [0.2, 0.25) is 0 Å². The number of halogens is 1. The minimum atomic E-state index is -0.841. The van der Waals surface area contributed by atoms with Crippen LogP contribution in [0.1, 0.15) is 66.3 Å². The Morgan fingerprint density at radius 2 is 2.17 bits per heavy atom. The molecule has 0 unspecified atom stereocenters. The van der Waals surface area contributed by atoms with Crippen LogP contribution in [0, 0.1) is 11.3 Å². The number of anilines is 1. The molecule has 1 fully saturated rings. The van der Waals surface area contributed by atoms with Crippen LogP contribution in [0.2, 0.25) is 0 Å². The molecule has 36 heavy (non-hydrogen) atoms. The first-order chi connectivity index (χ1) is 17.4. The van der Waals surface area contributed by atoms with E-state index in [2.05, 4.69) is 21.2 Å². The van der Waals surface area contributed by atoms with Crippen LogP contribution in [0.5, 0.6) is 6.01 Å². The largest absolute Gasteiger partial charge is 0.459 e. The van der Waals surface area contributed by atoms with Gasteiger partial charge in [-0.1, -0.05) is 5.16 Å². The third kappa shape index (κ3) is 3.59. The van der Waals surface area contributed by atoms with E-state index in [9.17, 15) is 9.65 Å². The molecule has 1 aliphatic heterocycles. The molecule has 8 nitrogen and oxygen atoms in total. The van der Waals surface area contributed by atoms with Crippen LogP contribution in [0.4, 0.5) is 9.39 Å². The van der Waals surface area contributed by atoms with Crippen molar-refractivity contribution >= 4 is 16.3 Å². The van der Waals surface area contributed by atoms with Crippen molar-refractivity contribution in [3.05, 3.63) is 39.5 Å². The topological polar surface area (TPSA) is 114 Å². The number of ether oxygens (including phenoxy) is 1. The van der Waals surface area contributed by atoms with E-state index in [1.807, 2.05) is 18.9 Å². The molecule has 4 atom stereocenters. The van der Waals surface area contributed by atoms with Crippen molar-refractivity contribution in [1.29, 1.82) is 5.26 Å². The normalized spacial score (nSPS) is 26.4. The lowest BCUT2D eigenvalue weighted by atomic mass is 9.62. The number of thiophene rings is 1. The number of likely N-dealkylation sites (tertiary alicyclic amines) is 1. The first kappa shape index (κ1) is 23.4. The highest BCUT2D eigenvalue weighted by Gasteiger charge is 2.48. The monoisotopic (exact) mass is 508 g/mol. The van der Waals surface area contributed by atoms with Crippen molar-refractivity contribution in [2.75, 3.05) is 19.3 Å². The predicted octanol–water partition coefficient (Wildman–Crippen LogP) is 4.42. The van der Waals surface area contributed by atoms with Crippen molar-refractivity contribution in [3.8, 4) is 23.5 Å². The first-order valence-corrected chi connectivity index (χ1v) is 13.4. The van der Waals surface area contributed by atoms with E-state index in [4.69, 9.17) is 15.0 Å². The third-order valence-corrected chi connectivity index (χ3v) is 9.21. The minimum absolute atomic E-state index is 0.0296. The molecule has 3 aromatic heterocycles. The summed E-state index contributed by atoms with van der Waals surface area (Å²) in [6, 6.07) is 4.37. The van der Waals surface area contributed by atoms with Gasteiger partial charge in [-0.3, -0.25) is 4.90 Å². The molecular formula is C26H29FN6O2S. The van der Waals surface area contributed by atoms with E-state index < -0.39 is 6.17 Å². The summed E-state index contributed by atoms with van der Waals surface area (Å²) in [6.07, 6.45) is 6.59. The highest BCUT2D eigenvalue weighted by molar-refractivity contribution is 7.16. The molecule has 4 heterocycles. The standard InChI is InChI=1S/C26H29FN6O2S/c1-14(19-11-15(27)13-33(19)2)34-25-30-10-7-18(31-25)22-16-5-3-8-26(23(16)32-35-22)9-4-6-20-21(26)17(12-28)24(29)36-20/h7,10,14-15,19H,3-6,8-9,11,13,29H2,1-2H3/t14-,15+,19-,26-/m0/s1. The molecule has 0 aromatic carbocycles. The van der Waals surface area contributed by atoms with Gasteiger partial charge in [-0.2, -0.15) is 10.2 Å². The Balaban J connectivity index is 1.35. The van der Waals surface area contributed by atoms with Crippen molar-refractivity contribution in [1.82, 2.24) is 20.0 Å². The van der Waals surface area contributed by atoms with E-state index in [0.29, 0.717) is 35.0 Å². The van der Waals surface area contributed by atoms with E-state index in [1.165, 1.54) is 16.2 Å². The second-order valence-corrected chi connectivity index (χ2v) is 11.4. The first-order valence-electron chi connectivity index (χ1n) is 12.6. The smallest absolute Gasteiger partial charge is 0.317 e. The van der Waals surface area contributed by atoms with E-state index in [-0.39, 0.29) is 23.6 Å². The molecule has 0 amide bonds. The molecule has 1 saturated heterocycles. The van der Waals surface area contributed by atoms with Gasteiger partial charge in [0, 0.05) is 34.6 Å². The number of likely N-dealkylation sites (N-methyl/N-ethyl adjacent to an activating group) is 1. The van der Waals surface area contributed by atoms with Gasteiger partial charge < -0.3 is 15.0 Å². The van der Waals surface area contributed by atoms with Gasteiger partial charge in [0.05, 0.1) is 11.3 Å². The Hall–Kier alpha value is -3.03. The maximum absolute atomic E-state index is 13.9. The number of aromatic nitrogens is 3. The van der Waals surface area contributed by atoms with Crippen molar-refractivity contribution < 1.29 is 13.7 Å². The van der Waals surface area contributed by atoms with Gasteiger partial charge >= 0.3 is 6.01 Å². The average molecular weight is 509 g/mol. The number of hydrogen-bond donors (Lipinski definition) is 1. The molecule has 0 saturated carbocycles. The number of nitrogens with zero attached hydrogens (tertiary/aromatic N) is 5. The molecule has 2 N–H and O–H groups in total. The quantitative estimate of drug-likeness (QED) is 0.551. The van der Waals surface area contributed by atoms with Crippen LogP contribution in [0.3, 0.4) is 0 Å². The molecule has 188 valence electrons. The number of nitriles is 1. The molecule has 2 aliphatic carbocycles. The van der Waals surface area contributed by atoms with Crippen LogP contribution in [0.25, 0.3) is 11.5 Å². The number of fused-ring (bicyclic) bond motifs is 4. The Bertz CT molecular complexity index is 1340. The Morgan fingerprint density at radius 1 is 1.36 bits per heavy atom. The zero-order valence-corrected chi connectivity index (χ0v) is 21.3. The van der Waals surface area contributed by atoms with Crippen molar-refractivity contribution in [2.24, 2.45) is 0 Å². The highest BCUT2D eigenvalue weighted by atomic mass is 32.1. The van der Waals surface area contributed by atoms with Gasteiger partial charge in [-0.25, -0.2) is 9.37 Å². The number of rotatable bonds is 4. The third-order valence-electron chi connectivity index (χ3n) is 8.13. The number of hydrogen-bond acceptors (Lipinski definition) is 9. The van der Waals surface area contributed by atoms with Crippen molar-refractivity contribution in [2.45, 2.75) is 75.6 Å². The zero-order chi connectivity index (χ0) is 25.0. The number of nitrogens with two attached hydrogens (primary N) is 1. The fourth-order valence-corrected chi connectivity index (χ4v) is 7.70. The second kappa shape index (κ2) is 8.82. The molecule has 0 radical (unpaired) electrons. The maximum atomic E-state index is 13.9. The molecular weight excluding hydrogens is 479 g/mol. The predicted molar refractivity (Wildman–Crippen MR) is 134 cm³/mol. The average Bonchev–Trinajstić information content (AvgIpc) is 3.54. The number of nitrogen functional groups attached to an aromatic ring is 1. The lowest BCUT2D eigenvalue weighted by Gasteiger charge is -2.39. The fourth-order valence-electron chi connectivity index (χ4n) is 6.54. The SMILES string of the molecule is C[C@H](Oc1nccc(-c2onc3c2CCC[C@@]32CCCc3sc(N)c(C#N)c32)n1)[C@@H]1C[C@@H](F)CN1C. The lowest BCUT2D eigenvalue weighted by molar-refractivity contribution is 0.112. The molecule has 1 spiro atoms. The van der Waals surface area contributed by atoms with Crippen LogP contribution >= 0.6 is 11.3 Å². The minimum Gasteiger partial charge on any atom is -0.459 e. The number of alkyl halides is 1. The second-order valence-electron chi connectivity index (χ2n) is 10.3. The summed E-state index contributed by atoms with van der Waals surface area (Å²) in [7, 11) is 1.91. The van der Waals surface area contributed by atoms with Gasteiger partial charge in [0.15, 0.2) is 5.76 Å². The van der Waals surface area contributed by atoms with Crippen LogP contribution in [-0.2, 0) is 18.3 Å². The Morgan fingerprint density at radius 3 is 2.92 bits per heavy atom. The number of aryl methyl sites for hydroxylation is 1. The molecule has 0 bridgehead atoms. The Labute approximate surface area is 213 Å². The highest BCUT2D eigenvalue weighted by Crippen LogP contribution is 2.54. The maximum Gasteiger partial charge on any atom is 0.317 e. The van der Waals surface area contributed by atoms with Crippen molar-refractivity contribution in [3.63, 3.8) is 0 Å². The van der Waals surface area contributed by atoms with Crippen LogP contribution in [0.15, 0.2) is 16.8 Å². The summed E-state index contributed by atoms with van der Waals surface area (Å²) in [5.74, 6) is 0.625. The van der Waals surface area contributed by atoms with E-state index >= 15 is 0 Å². The summed E-state index contributed by atoms with van der Waals surface area (Å²) in [5, 5.41) is 15.1. The Kier molecular flexibility index (Phi) is 5.73. The van der Waals surface area contributed by atoms with Gasteiger partial charge in [-0.15, -0.1) is 11.3 Å². The van der Waals surface area contributed by atoms with Gasteiger partial charge in [0.1, 0.15) is 29.0 Å². The summed E-state index contributed by atoms with van der Waals surface area (Å²) in [6.45, 7) is 2.34. The molecule has 6 rings (SSSR count). The molecule has 3 aromatic rings. The summed E-state index contributed by atoms with van der Waals surface area (Å²) >= 11 is 1.54.